The van der Waals surface area contributed by atoms with Crippen molar-refractivity contribution in [1.29, 1.82) is 0 Å². The summed E-state index contributed by atoms with van der Waals surface area (Å²) in [6, 6.07) is 17.9. The SMILES string of the molecule is Cc1cnc(CN(C)Cc2cn(C)nc2-c2ccc(Oc3ccccc3)cc2)[nH]1. The van der Waals surface area contributed by atoms with Gasteiger partial charge in [-0.15, -0.1) is 0 Å². The van der Waals surface area contributed by atoms with E-state index < -0.39 is 0 Å². The van der Waals surface area contributed by atoms with Gasteiger partial charge >= 0.3 is 0 Å². The van der Waals surface area contributed by atoms with Gasteiger partial charge < -0.3 is 9.72 Å². The maximum absolute atomic E-state index is 5.89. The van der Waals surface area contributed by atoms with E-state index in [9.17, 15) is 0 Å². The molecule has 6 nitrogen and oxygen atoms in total. The van der Waals surface area contributed by atoms with E-state index in [2.05, 4.69) is 45.3 Å². The summed E-state index contributed by atoms with van der Waals surface area (Å²) in [4.78, 5) is 9.91. The van der Waals surface area contributed by atoms with E-state index in [-0.39, 0.29) is 0 Å². The van der Waals surface area contributed by atoms with E-state index in [1.165, 1.54) is 5.56 Å². The maximum atomic E-state index is 5.89. The quantitative estimate of drug-likeness (QED) is 0.506. The van der Waals surface area contributed by atoms with Crippen molar-refractivity contribution in [1.82, 2.24) is 24.6 Å². The van der Waals surface area contributed by atoms with Gasteiger partial charge in [0.05, 0.1) is 12.2 Å². The molecule has 0 fully saturated rings. The van der Waals surface area contributed by atoms with Crippen LogP contribution in [0.4, 0.5) is 0 Å². The molecule has 4 aromatic rings. The zero-order chi connectivity index (χ0) is 20.2. The number of benzene rings is 2. The number of nitrogens with one attached hydrogen (secondary N) is 1. The van der Waals surface area contributed by atoms with Gasteiger partial charge in [-0.25, -0.2) is 4.98 Å². The number of aryl methyl sites for hydroxylation is 2. The van der Waals surface area contributed by atoms with Crippen molar-refractivity contribution >= 4 is 0 Å². The second-order valence-electron chi connectivity index (χ2n) is 7.30. The molecule has 0 atom stereocenters. The number of ether oxygens (including phenoxy) is 1. The molecule has 0 aliphatic heterocycles. The number of aromatic amines is 1. The number of hydrogen-bond donors (Lipinski definition) is 1. The van der Waals surface area contributed by atoms with E-state index in [1.807, 2.05) is 67.3 Å². The smallest absolute Gasteiger partial charge is 0.127 e. The summed E-state index contributed by atoms with van der Waals surface area (Å²) in [6.45, 7) is 3.55. The number of imidazole rings is 1. The summed E-state index contributed by atoms with van der Waals surface area (Å²) in [5.74, 6) is 2.61. The Kier molecular flexibility index (Phi) is 5.44. The van der Waals surface area contributed by atoms with Crippen molar-refractivity contribution in [2.45, 2.75) is 20.0 Å². The third kappa shape index (κ3) is 4.73. The molecule has 0 saturated heterocycles. The zero-order valence-corrected chi connectivity index (χ0v) is 17.0. The molecule has 0 bridgehead atoms. The Labute approximate surface area is 170 Å². The molecule has 0 spiro atoms. The first-order valence-corrected chi connectivity index (χ1v) is 9.62. The molecule has 148 valence electrons. The van der Waals surface area contributed by atoms with Crippen molar-refractivity contribution in [3.8, 4) is 22.8 Å². The van der Waals surface area contributed by atoms with Crippen molar-refractivity contribution in [2.75, 3.05) is 7.05 Å². The summed E-state index contributed by atoms with van der Waals surface area (Å²) in [5, 5.41) is 4.68. The van der Waals surface area contributed by atoms with Gasteiger partial charge in [-0.3, -0.25) is 9.58 Å². The number of nitrogens with zero attached hydrogens (tertiary/aromatic N) is 4. The molecule has 0 aliphatic carbocycles. The Balaban J connectivity index is 1.48. The largest absolute Gasteiger partial charge is 0.457 e. The zero-order valence-electron chi connectivity index (χ0n) is 17.0. The van der Waals surface area contributed by atoms with Gasteiger partial charge in [0.25, 0.3) is 0 Å². The Bertz CT molecular complexity index is 1070. The van der Waals surface area contributed by atoms with Crippen molar-refractivity contribution < 1.29 is 4.74 Å². The predicted molar refractivity (Wildman–Crippen MR) is 114 cm³/mol. The maximum Gasteiger partial charge on any atom is 0.127 e. The molecule has 2 aromatic heterocycles. The van der Waals surface area contributed by atoms with E-state index in [4.69, 9.17) is 4.74 Å². The normalized spacial score (nSPS) is 11.2. The predicted octanol–water partition coefficient (Wildman–Crippen LogP) is 4.54. The van der Waals surface area contributed by atoms with Gasteiger partial charge in [-0.2, -0.15) is 5.10 Å². The summed E-state index contributed by atoms with van der Waals surface area (Å²) >= 11 is 0. The Hall–Kier alpha value is -3.38. The highest BCUT2D eigenvalue weighted by Gasteiger charge is 2.13. The highest BCUT2D eigenvalue weighted by atomic mass is 16.5. The van der Waals surface area contributed by atoms with Gasteiger partial charge in [-0.05, 0) is 50.4 Å². The lowest BCUT2D eigenvalue weighted by Gasteiger charge is -2.15. The molecule has 1 N–H and O–H groups in total. The van der Waals surface area contributed by atoms with Gasteiger partial charge in [-0.1, -0.05) is 18.2 Å². The van der Waals surface area contributed by atoms with Crippen molar-refractivity contribution in [3.63, 3.8) is 0 Å². The standard InChI is InChI=1S/C23H25N5O/c1-17-13-24-22(25-17)16-27(2)14-19-15-28(3)26-23(19)18-9-11-21(12-10-18)29-20-7-5-4-6-8-20/h4-13,15H,14,16H2,1-3H3,(H,24,25). The number of rotatable bonds is 7. The monoisotopic (exact) mass is 387 g/mol. The van der Waals surface area contributed by atoms with Crippen LogP contribution < -0.4 is 4.74 Å². The molecule has 2 heterocycles. The highest BCUT2D eigenvalue weighted by Crippen LogP contribution is 2.27. The van der Waals surface area contributed by atoms with Gasteiger partial charge in [0.15, 0.2) is 0 Å². The summed E-state index contributed by atoms with van der Waals surface area (Å²) < 4.78 is 7.76. The fourth-order valence-corrected chi connectivity index (χ4v) is 3.35. The minimum Gasteiger partial charge on any atom is -0.457 e. The molecule has 29 heavy (non-hydrogen) atoms. The third-order valence-electron chi connectivity index (χ3n) is 4.63. The first kappa shape index (κ1) is 19.0. The van der Waals surface area contributed by atoms with E-state index in [0.717, 1.165) is 47.4 Å². The first-order chi connectivity index (χ1) is 14.1. The number of para-hydroxylation sites is 1. The van der Waals surface area contributed by atoms with Crippen LogP contribution in [0.1, 0.15) is 17.1 Å². The molecule has 0 radical (unpaired) electrons. The topological polar surface area (TPSA) is 59.0 Å². The average molecular weight is 387 g/mol. The van der Waals surface area contributed by atoms with Crippen LogP contribution in [0.5, 0.6) is 11.5 Å². The van der Waals surface area contributed by atoms with E-state index >= 15 is 0 Å². The van der Waals surface area contributed by atoms with E-state index in [0.29, 0.717) is 0 Å². The fraction of sp³-hybridized carbons (Fsp3) is 0.217. The molecule has 0 unspecified atom stereocenters. The van der Waals surface area contributed by atoms with Crippen molar-refractivity contribution in [3.05, 3.63) is 84.1 Å². The van der Waals surface area contributed by atoms with E-state index in [1.54, 1.807) is 0 Å². The minimum atomic E-state index is 0.756. The molecule has 6 heteroatoms. The number of H-pyrrole nitrogens is 1. The first-order valence-electron chi connectivity index (χ1n) is 9.62. The lowest BCUT2D eigenvalue weighted by molar-refractivity contribution is 0.312. The molecular formula is C23H25N5O. The van der Waals surface area contributed by atoms with Crippen LogP contribution in [0.25, 0.3) is 11.3 Å². The van der Waals surface area contributed by atoms with Crippen LogP contribution >= 0.6 is 0 Å². The van der Waals surface area contributed by atoms with Gasteiger partial charge in [0.1, 0.15) is 17.3 Å². The third-order valence-corrected chi connectivity index (χ3v) is 4.63. The van der Waals surface area contributed by atoms with Crippen molar-refractivity contribution in [2.24, 2.45) is 7.05 Å². The van der Waals surface area contributed by atoms with Gasteiger partial charge in [0.2, 0.25) is 0 Å². The number of hydrogen-bond acceptors (Lipinski definition) is 4. The molecule has 0 saturated carbocycles. The lowest BCUT2D eigenvalue weighted by atomic mass is 10.1. The molecule has 0 aliphatic rings. The molecule has 2 aromatic carbocycles. The Morgan fingerprint density at radius 3 is 2.41 bits per heavy atom. The molecule has 4 rings (SSSR count). The van der Waals surface area contributed by atoms with Crippen LogP contribution in [0.2, 0.25) is 0 Å². The summed E-state index contributed by atoms with van der Waals surface area (Å²) in [7, 11) is 4.04. The van der Waals surface area contributed by atoms with Crippen LogP contribution in [-0.4, -0.2) is 31.7 Å². The van der Waals surface area contributed by atoms with Gasteiger partial charge in [0, 0.05) is 42.8 Å². The summed E-state index contributed by atoms with van der Waals surface area (Å²) in [6.07, 6.45) is 3.94. The minimum absolute atomic E-state index is 0.756. The summed E-state index contributed by atoms with van der Waals surface area (Å²) in [5.41, 5.74) is 4.31. The molecule has 0 amide bonds. The van der Waals surface area contributed by atoms with Crippen LogP contribution in [-0.2, 0) is 20.1 Å². The fourth-order valence-electron chi connectivity index (χ4n) is 3.35. The van der Waals surface area contributed by atoms with Crippen LogP contribution in [0, 0.1) is 6.92 Å². The Morgan fingerprint density at radius 1 is 1.00 bits per heavy atom. The highest BCUT2D eigenvalue weighted by molar-refractivity contribution is 5.63. The number of aromatic nitrogens is 4. The lowest BCUT2D eigenvalue weighted by Crippen LogP contribution is -2.18. The Morgan fingerprint density at radius 2 is 1.72 bits per heavy atom. The molecular weight excluding hydrogens is 362 g/mol. The second kappa shape index (κ2) is 8.32. The van der Waals surface area contributed by atoms with Crippen LogP contribution in [0.3, 0.4) is 0 Å². The van der Waals surface area contributed by atoms with Crippen LogP contribution in [0.15, 0.2) is 67.0 Å². The average Bonchev–Trinajstić information content (AvgIpc) is 3.28. The second-order valence-corrected chi connectivity index (χ2v) is 7.30.